The van der Waals surface area contributed by atoms with Gasteiger partial charge in [-0.15, -0.1) is 0 Å². The minimum atomic E-state index is -4.10. The molecule has 0 unspecified atom stereocenters. The molecule has 1 aromatic rings. The van der Waals surface area contributed by atoms with E-state index in [2.05, 4.69) is 15.9 Å². The monoisotopic (exact) mass is 325 g/mol. The van der Waals surface area contributed by atoms with Crippen LogP contribution in [0.4, 0.5) is 13.2 Å². The Labute approximate surface area is 112 Å². The lowest BCUT2D eigenvalue weighted by molar-refractivity contribution is -0.138. The van der Waals surface area contributed by atoms with Gasteiger partial charge in [0.15, 0.2) is 0 Å². The Morgan fingerprint density at radius 2 is 2.00 bits per heavy atom. The molecule has 0 aromatic heterocycles. The van der Waals surface area contributed by atoms with E-state index in [0.717, 1.165) is 15.6 Å². The highest BCUT2D eigenvalue weighted by Gasteiger charge is 2.25. The van der Waals surface area contributed by atoms with E-state index < -0.39 is 12.6 Å². The third-order valence-electron chi connectivity index (χ3n) is 2.36. The van der Waals surface area contributed by atoms with Gasteiger partial charge in [0.05, 0.1) is 6.61 Å². The van der Waals surface area contributed by atoms with Gasteiger partial charge in [-0.2, -0.15) is 13.2 Å². The predicted molar refractivity (Wildman–Crippen MR) is 67.0 cm³/mol. The molecule has 2 N–H and O–H groups in total. The van der Waals surface area contributed by atoms with E-state index in [9.17, 15) is 13.2 Å². The summed E-state index contributed by atoms with van der Waals surface area (Å²) in [4.78, 5) is 0. The van der Waals surface area contributed by atoms with Crippen molar-refractivity contribution in [2.24, 2.45) is 5.73 Å². The average molecular weight is 326 g/mol. The van der Waals surface area contributed by atoms with Crippen molar-refractivity contribution in [3.05, 3.63) is 33.8 Å². The first-order valence-electron chi connectivity index (χ1n) is 5.54. The van der Waals surface area contributed by atoms with E-state index in [-0.39, 0.29) is 13.0 Å². The lowest BCUT2D eigenvalue weighted by Gasteiger charge is -2.09. The van der Waals surface area contributed by atoms with Gasteiger partial charge in [-0.25, -0.2) is 0 Å². The molecule has 0 aliphatic heterocycles. The zero-order valence-corrected chi connectivity index (χ0v) is 11.4. The Kier molecular flexibility index (Phi) is 6.11. The first kappa shape index (κ1) is 15.5. The van der Waals surface area contributed by atoms with Crippen molar-refractivity contribution in [1.82, 2.24) is 0 Å². The third kappa shape index (κ3) is 5.84. The standard InChI is InChI=1S/C12H15BrF3NO/c13-11-6-9(7-17)2-3-10(11)8-18-5-1-4-12(14,15)16/h2-3,6H,1,4-5,7-8,17H2. The number of hydrogen-bond acceptors (Lipinski definition) is 2. The normalized spacial score (nSPS) is 11.8. The molecule has 0 aliphatic carbocycles. The van der Waals surface area contributed by atoms with Gasteiger partial charge in [0.25, 0.3) is 0 Å². The molecule has 0 atom stereocenters. The minimum absolute atomic E-state index is 0.0119. The Morgan fingerprint density at radius 1 is 1.28 bits per heavy atom. The second-order valence-electron chi connectivity index (χ2n) is 3.90. The summed E-state index contributed by atoms with van der Waals surface area (Å²) in [6.45, 7) is 0.846. The van der Waals surface area contributed by atoms with E-state index >= 15 is 0 Å². The van der Waals surface area contributed by atoms with Crippen molar-refractivity contribution >= 4 is 15.9 Å². The molecular weight excluding hydrogens is 311 g/mol. The SMILES string of the molecule is NCc1ccc(COCCCC(F)(F)F)c(Br)c1. The highest BCUT2D eigenvalue weighted by Crippen LogP contribution is 2.22. The van der Waals surface area contributed by atoms with Gasteiger partial charge in [-0.3, -0.25) is 0 Å². The second-order valence-corrected chi connectivity index (χ2v) is 4.76. The molecule has 0 saturated heterocycles. The molecule has 102 valence electrons. The lowest BCUT2D eigenvalue weighted by atomic mass is 10.1. The lowest BCUT2D eigenvalue weighted by Crippen LogP contribution is -2.08. The number of alkyl halides is 3. The minimum Gasteiger partial charge on any atom is -0.377 e. The van der Waals surface area contributed by atoms with E-state index in [1.54, 1.807) is 0 Å². The van der Waals surface area contributed by atoms with Gasteiger partial charge in [0.2, 0.25) is 0 Å². The van der Waals surface area contributed by atoms with Crippen LogP contribution in [0.25, 0.3) is 0 Å². The summed E-state index contributed by atoms with van der Waals surface area (Å²) < 4.78 is 41.7. The summed E-state index contributed by atoms with van der Waals surface area (Å²) in [5, 5.41) is 0. The molecule has 0 aliphatic rings. The van der Waals surface area contributed by atoms with Crippen LogP contribution in [0, 0.1) is 0 Å². The Morgan fingerprint density at radius 3 is 2.56 bits per heavy atom. The van der Waals surface area contributed by atoms with Crippen LogP contribution in [-0.4, -0.2) is 12.8 Å². The van der Waals surface area contributed by atoms with Crippen molar-refractivity contribution in [2.75, 3.05) is 6.61 Å². The van der Waals surface area contributed by atoms with Crippen molar-refractivity contribution < 1.29 is 17.9 Å². The van der Waals surface area contributed by atoms with Gasteiger partial charge in [-0.05, 0) is 23.6 Å². The van der Waals surface area contributed by atoms with E-state index in [1.807, 2.05) is 18.2 Å². The van der Waals surface area contributed by atoms with Crippen LogP contribution in [0.5, 0.6) is 0 Å². The van der Waals surface area contributed by atoms with Gasteiger partial charge in [0.1, 0.15) is 0 Å². The van der Waals surface area contributed by atoms with Crippen LogP contribution in [0.3, 0.4) is 0 Å². The maximum atomic E-state index is 11.9. The molecule has 2 nitrogen and oxygen atoms in total. The molecule has 0 fully saturated rings. The van der Waals surface area contributed by atoms with Gasteiger partial charge < -0.3 is 10.5 Å². The van der Waals surface area contributed by atoms with E-state index in [4.69, 9.17) is 10.5 Å². The summed E-state index contributed by atoms with van der Waals surface area (Å²) in [5.41, 5.74) is 7.38. The highest BCUT2D eigenvalue weighted by atomic mass is 79.9. The molecule has 0 radical (unpaired) electrons. The predicted octanol–water partition coefficient (Wildman–Crippen LogP) is 3.77. The Hall–Kier alpha value is -0.590. The van der Waals surface area contributed by atoms with Gasteiger partial charge >= 0.3 is 6.18 Å². The second kappa shape index (κ2) is 7.11. The molecule has 1 rings (SSSR count). The van der Waals surface area contributed by atoms with E-state index in [1.165, 1.54) is 0 Å². The molecular formula is C12H15BrF3NO. The molecule has 1 aromatic carbocycles. The fourth-order valence-electron chi connectivity index (χ4n) is 1.39. The third-order valence-corrected chi connectivity index (χ3v) is 3.10. The molecule has 0 spiro atoms. The summed E-state index contributed by atoms with van der Waals surface area (Å²) in [7, 11) is 0. The maximum Gasteiger partial charge on any atom is 0.389 e. The van der Waals surface area contributed by atoms with E-state index in [0.29, 0.717) is 13.2 Å². The summed E-state index contributed by atoms with van der Waals surface area (Å²) in [6.07, 6.45) is -4.92. The quantitative estimate of drug-likeness (QED) is 0.808. The van der Waals surface area contributed by atoms with Crippen LogP contribution in [0.1, 0.15) is 24.0 Å². The number of nitrogens with two attached hydrogens (primary N) is 1. The first-order valence-corrected chi connectivity index (χ1v) is 6.33. The fourth-order valence-corrected chi connectivity index (χ4v) is 1.93. The van der Waals surface area contributed by atoms with Crippen molar-refractivity contribution in [1.29, 1.82) is 0 Å². The van der Waals surface area contributed by atoms with Crippen molar-refractivity contribution in [3.63, 3.8) is 0 Å². The number of ether oxygens (including phenoxy) is 1. The maximum absolute atomic E-state index is 11.9. The van der Waals surface area contributed by atoms with Crippen LogP contribution in [-0.2, 0) is 17.9 Å². The highest BCUT2D eigenvalue weighted by molar-refractivity contribution is 9.10. The number of hydrogen-bond donors (Lipinski definition) is 1. The topological polar surface area (TPSA) is 35.2 Å². The first-order chi connectivity index (χ1) is 8.42. The molecule has 0 heterocycles. The zero-order chi connectivity index (χ0) is 13.6. The van der Waals surface area contributed by atoms with Crippen LogP contribution in [0.15, 0.2) is 22.7 Å². The van der Waals surface area contributed by atoms with Crippen LogP contribution >= 0.6 is 15.9 Å². The Bertz CT molecular complexity index is 382. The average Bonchev–Trinajstić information content (AvgIpc) is 2.29. The number of rotatable bonds is 6. The van der Waals surface area contributed by atoms with Gasteiger partial charge in [-0.1, -0.05) is 28.1 Å². The fraction of sp³-hybridized carbons (Fsp3) is 0.500. The number of benzene rings is 1. The smallest absolute Gasteiger partial charge is 0.377 e. The molecule has 0 bridgehead atoms. The Balaban J connectivity index is 2.31. The molecule has 6 heteroatoms. The van der Waals surface area contributed by atoms with Crippen molar-refractivity contribution in [3.8, 4) is 0 Å². The van der Waals surface area contributed by atoms with Crippen LogP contribution in [0.2, 0.25) is 0 Å². The molecule has 0 amide bonds. The molecule has 18 heavy (non-hydrogen) atoms. The molecule has 0 saturated carbocycles. The summed E-state index contributed by atoms with van der Waals surface area (Å²) in [6, 6.07) is 5.61. The number of halogens is 4. The largest absolute Gasteiger partial charge is 0.389 e. The summed E-state index contributed by atoms with van der Waals surface area (Å²) >= 11 is 3.37. The zero-order valence-electron chi connectivity index (χ0n) is 9.77. The van der Waals surface area contributed by atoms with Crippen molar-refractivity contribution in [2.45, 2.75) is 32.2 Å². The summed E-state index contributed by atoms with van der Waals surface area (Å²) in [5.74, 6) is 0. The van der Waals surface area contributed by atoms with Gasteiger partial charge in [0, 0.05) is 24.0 Å². The van der Waals surface area contributed by atoms with Crippen LogP contribution < -0.4 is 5.73 Å².